The van der Waals surface area contributed by atoms with Gasteiger partial charge in [-0.1, -0.05) is 28.9 Å². The van der Waals surface area contributed by atoms with Crippen molar-refractivity contribution >= 4 is 28.5 Å². The average Bonchev–Trinajstić information content (AvgIpc) is 2.14. The fourth-order valence-corrected chi connectivity index (χ4v) is 1.40. The molecule has 0 fully saturated rings. The Hall–Kier alpha value is -0.515. The maximum absolute atomic E-state index is 9.06. The second kappa shape index (κ2) is 5.39. The van der Waals surface area contributed by atoms with E-state index in [0.29, 0.717) is 17.8 Å². The Bertz CT molecular complexity index is 304. The SMILES string of the molecule is CCCOc1cc(Br)ccc1B(O)O. The van der Waals surface area contributed by atoms with Crippen LogP contribution in [0.2, 0.25) is 0 Å². The van der Waals surface area contributed by atoms with E-state index < -0.39 is 7.12 Å². The van der Waals surface area contributed by atoms with Gasteiger partial charge in [-0.15, -0.1) is 0 Å². The topological polar surface area (TPSA) is 49.7 Å². The lowest BCUT2D eigenvalue weighted by atomic mass is 9.79. The number of rotatable bonds is 4. The maximum Gasteiger partial charge on any atom is 0.492 e. The van der Waals surface area contributed by atoms with E-state index in [1.165, 1.54) is 0 Å². The Morgan fingerprint density at radius 1 is 1.43 bits per heavy atom. The molecular formula is C9H12BBrO3. The highest BCUT2D eigenvalue weighted by Gasteiger charge is 2.16. The van der Waals surface area contributed by atoms with Gasteiger partial charge in [0.15, 0.2) is 0 Å². The Morgan fingerprint density at radius 2 is 2.14 bits per heavy atom. The molecule has 0 aliphatic carbocycles. The Balaban J connectivity index is 2.91. The molecule has 0 aromatic heterocycles. The largest absolute Gasteiger partial charge is 0.494 e. The molecule has 0 spiro atoms. The van der Waals surface area contributed by atoms with Crippen LogP contribution in [0.5, 0.6) is 5.75 Å². The van der Waals surface area contributed by atoms with Crippen LogP contribution in [0.1, 0.15) is 13.3 Å². The summed E-state index contributed by atoms with van der Waals surface area (Å²) in [7, 11) is -1.49. The lowest BCUT2D eigenvalue weighted by Gasteiger charge is -2.10. The predicted octanol–water partition coefficient (Wildman–Crippen LogP) is 0.918. The molecule has 0 heterocycles. The van der Waals surface area contributed by atoms with Crippen molar-refractivity contribution in [2.45, 2.75) is 13.3 Å². The first-order valence-electron chi connectivity index (χ1n) is 4.43. The maximum atomic E-state index is 9.06. The Kier molecular flexibility index (Phi) is 4.45. The van der Waals surface area contributed by atoms with Crippen LogP contribution in [0.15, 0.2) is 22.7 Å². The van der Waals surface area contributed by atoms with Crippen molar-refractivity contribution in [3.63, 3.8) is 0 Å². The molecule has 5 heteroatoms. The number of benzene rings is 1. The molecule has 76 valence electrons. The van der Waals surface area contributed by atoms with E-state index in [0.717, 1.165) is 10.9 Å². The van der Waals surface area contributed by atoms with E-state index >= 15 is 0 Å². The minimum absolute atomic E-state index is 0.390. The zero-order valence-electron chi connectivity index (χ0n) is 7.90. The van der Waals surface area contributed by atoms with Crippen LogP contribution in [0.3, 0.4) is 0 Å². The van der Waals surface area contributed by atoms with Crippen molar-refractivity contribution < 1.29 is 14.8 Å². The van der Waals surface area contributed by atoms with Crippen molar-refractivity contribution in [3.8, 4) is 5.75 Å². The first kappa shape index (κ1) is 11.6. The van der Waals surface area contributed by atoms with Crippen molar-refractivity contribution in [2.24, 2.45) is 0 Å². The van der Waals surface area contributed by atoms with Gasteiger partial charge in [0.05, 0.1) is 6.61 Å². The minimum atomic E-state index is -1.49. The third kappa shape index (κ3) is 3.01. The molecule has 2 N–H and O–H groups in total. The summed E-state index contributed by atoms with van der Waals surface area (Å²) in [6.45, 7) is 2.56. The van der Waals surface area contributed by atoms with Gasteiger partial charge in [0.2, 0.25) is 0 Å². The van der Waals surface area contributed by atoms with Gasteiger partial charge < -0.3 is 14.8 Å². The molecule has 3 nitrogen and oxygen atoms in total. The minimum Gasteiger partial charge on any atom is -0.494 e. The summed E-state index contributed by atoms with van der Waals surface area (Å²) in [5.74, 6) is 0.510. The van der Waals surface area contributed by atoms with Crippen LogP contribution in [-0.2, 0) is 0 Å². The summed E-state index contributed by atoms with van der Waals surface area (Å²) in [4.78, 5) is 0. The highest BCUT2D eigenvalue weighted by atomic mass is 79.9. The fraction of sp³-hybridized carbons (Fsp3) is 0.333. The van der Waals surface area contributed by atoms with E-state index in [1.54, 1.807) is 18.2 Å². The summed E-state index contributed by atoms with van der Waals surface area (Å²) in [6.07, 6.45) is 0.882. The van der Waals surface area contributed by atoms with Crippen LogP contribution >= 0.6 is 15.9 Å². The standard InChI is InChI=1S/C9H12BBrO3/c1-2-5-14-9-6-7(11)3-4-8(9)10(12)13/h3-4,6,12-13H,2,5H2,1H3. The summed E-state index contributed by atoms with van der Waals surface area (Å²) in [5.41, 5.74) is 0.390. The number of ether oxygens (including phenoxy) is 1. The van der Waals surface area contributed by atoms with Gasteiger partial charge in [0.1, 0.15) is 5.75 Å². The van der Waals surface area contributed by atoms with Gasteiger partial charge in [0.25, 0.3) is 0 Å². The average molecular weight is 259 g/mol. The molecule has 0 saturated heterocycles. The molecule has 14 heavy (non-hydrogen) atoms. The monoisotopic (exact) mass is 258 g/mol. The van der Waals surface area contributed by atoms with Gasteiger partial charge in [-0.05, 0) is 18.6 Å². The third-order valence-corrected chi connectivity index (χ3v) is 2.21. The summed E-state index contributed by atoms with van der Waals surface area (Å²) in [5, 5.41) is 18.1. The molecule has 0 aliphatic rings. The van der Waals surface area contributed by atoms with Crippen molar-refractivity contribution in [3.05, 3.63) is 22.7 Å². The van der Waals surface area contributed by atoms with E-state index in [4.69, 9.17) is 14.8 Å². The zero-order valence-corrected chi connectivity index (χ0v) is 9.49. The first-order valence-corrected chi connectivity index (χ1v) is 5.22. The molecular weight excluding hydrogens is 247 g/mol. The second-order valence-electron chi connectivity index (χ2n) is 2.90. The Morgan fingerprint density at radius 3 is 2.71 bits per heavy atom. The number of halogens is 1. The molecule has 1 aromatic carbocycles. The fourth-order valence-electron chi connectivity index (χ4n) is 1.06. The van der Waals surface area contributed by atoms with Gasteiger partial charge >= 0.3 is 7.12 Å². The number of hydrogen-bond acceptors (Lipinski definition) is 3. The van der Waals surface area contributed by atoms with Gasteiger partial charge in [0, 0.05) is 9.94 Å². The lowest BCUT2D eigenvalue weighted by molar-refractivity contribution is 0.317. The molecule has 0 atom stereocenters. The van der Waals surface area contributed by atoms with E-state index in [1.807, 2.05) is 6.92 Å². The smallest absolute Gasteiger partial charge is 0.492 e. The highest BCUT2D eigenvalue weighted by molar-refractivity contribution is 9.10. The molecule has 0 saturated carbocycles. The lowest BCUT2D eigenvalue weighted by Crippen LogP contribution is -2.31. The van der Waals surface area contributed by atoms with Gasteiger partial charge in [-0.2, -0.15) is 0 Å². The third-order valence-electron chi connectivity index (χ3n) is 1.72. The van der Waals surface area contributed by atoms with Crippen LogP contribution in [0.25, 0.3) is 0 Å². The summed E-state index contributed by atoms with van der Waals surface area (Å²) < 4.78 is 6.23. The van der Waals surface area contributed by atoms with Crippen molar-refractivity contribution in [1.82, 2.24) is 0 Å². The molecule has 1 aromatic rings. The van der Waals surface area contributed by atoms with Crippen LogP contribution in [-0.4, -0.2) is 23.8 Å². The summed E-state index contributed by atoms with van der Waals surface area (Å²) >= 11 is 3.29. The summed E-state index contributed by atoms with van der Waals surface area (Å²) in [6, 6.07) is 5.09. The van der Waals surface area contributed by atoms with Crippen molar-refractivity contribution in [2.75, 3.05) is 6.61 Å². The normalized spacial score (nSPS) is 10.0. The molecule has 0 amide bonds. The Labute approximate surface area is 92.0 Å². The number of hydrogen-bond donors (Lipinski definition) is 2. The van der Waals surface area contributed by atoms with Crippen LogP contribution < -0.4 is 10.2 Å². The molecule has 1 rings (SSSR count). The highest BCUT2D eigenvalue weighted by Crippen LogP contribution is 2.16. The van der Waals surface area contributed by atoms with Gasteiger partial charge in [-0.3, -0.25) is 0 Å². The first-order chi connectivity index (χ1) is 6.65. The predicted molar refractivity (Wildman–Crippen MR) is 59.8 cm³/mol. The molecule has 0 aliphatic heterocycles. The molecule has 0 radical (unpaired) electrons. The molecule has 0 unspecified atom stereocenters. The van der Waals surface area contributed by atoms with E-state index in [9.17, 15) is 0 Å². The second-order valence-corrected chi connectivity index (χ2v) is 3.82. The van der Waals surface area contributed by atoms with Crippen molar-refractivity contribution in [1.29, 1.82) is 0 Å². The van der Waals surface area contributed by atoms with Crippen LogP contribution in [0.4, 0.5) is 0 Å². The van der Waals surface area contributed by atoms with E-state index in [2.05, 4.69) is 15.9 Å². The van der Waals surface area contributed by atoms with Crippen LogP contribution in [0, 0.1) is 0 Å². The van der Waals surface area contributed by atoms with Gasteiger partial charge in [-0.25, -0.2) is 0 Å². The quantitative estimate of drug-likeness (QED) is 0.790. The molecule has 0 bridgehead atoms. The zero-order chi connectivity index (χ0) is 10.6. The van der Waals surface area contributed by atoms with E-state index in [-0.39, 0.29) is 0 Å².